The number of carbonyl (C=O) groups excluding carboxylic acids is 1. The molecule has 1 amide bonds. The molecule has 31 heavy (non-hydrogen) atoms. The van der Waals surface area contributed by atoms with Gasteiger partial charge in [-0.2, -0.15) is 0 Å². The lowest BCUT2D eigenvalue weighted by atomic mass is 9.72. The molecule has 2 fully saturated rings. The van der Waals surface area contributed by atoms with Gasteiger partial charge in [-0.05, 0) is 30.5 Å². The van der Waals surface area contributed by atoms with E-state index in [0.717, 1.165) is 31.6 Å². The Kier molecular flexibility index (Phi) is 5.06. The number of benzene rings is 1. The van der Waals surface area contributed by atoms with Crippen molar-refractivity contribution in [1.29, 1.82) is 0 Å². The number of hydrogen-bond acceptors (Lipinski definition) is 6. The zero-order chi connectivity index (χ0) is 21.4. The van der Waals surface area contributed by atoms with Crippen LogP contribution in [0.3, 0.4) is 0 Å². The van der Waals surface area contributed by atoms with Crippen LogP contribution >= 0.6 is 0 Å². The van der Waals surface area contributed by atoms with E-state index < -0.39 is 0 Å². The highest BCUT2D eigenvalue weighted by Gasteiger charge is 2.54. The van der Waals surface area contributed by atoms with Gasteiger partial charge >= 0.3 is 0 Å². The summed E-state index contributed by atoms with van der Waals surface area (Å²) in [6.45, 7) is 7.72. The molecule has 7 heteroatoms. The second kappa shape index (κ2) is 7.89. The van der Waals surface area contributed by atoms with Crippen molar-refractivity contribution >= 4 is 5.91 Å². The zero-order valence-corrected chi connectivity index (χ0v) is 18.0. The number of nitrogens with zero attached hydrogens (tertiary/aromatic N) is 5. The van der Waals surface area contributed by atoms with Gasteiger partial charge in [0.2, 0.25) is 11.8 Å². The number of likely N-dealkylation sites (tertiary alicyclic amines) is 2. The van der Waals surface area contributed by atoms with Crippen LogP contribution in [0.25, 0.3) is 0 Å². The Hall–Kier alpha value is -3.06. The molecule has 2 unspecified atom stereocenters. The number of carbonyl (C=O) groups is 1. The van der Waals surface area contributed by atoms with Crippen molar-refractivity contribution in [1.82, 2.24) is 25.0 Å². The van der Waals surface area contributed by atoms with Crippen molar-refractivity contribution in [2.24, 2.45) is 5.92 Å². The third-order valence-electron chi connectivity index (χ3n) is 6.73. The molecule has 0 saturated carbocycles. The van der Waals surface area contributed by atoms with E-state index in [1.807, 2.05) is 36.9 Å². The van der Waals surface area contributed by atoms with Gasteiger partial charge in [0.15, 0.2) is 0 Å². The minimum atomic E-state index is -0.216. The molecule has 2 aromatic heterocycles. The molecular formula is C24H27N5O2. The van der Waals surface area contributed by atoms with Crippen LogP contribution in [0.15, 0.2) is 53.1 Å². The first-order valence-corrected chi connectivity index (χ1v) is 10.8. The number of piperidine rings is 1. The van der Waals surface area contributed by atoms with Crippen molar-refractivity contribution in [3.8, 4) is 0 Å². The van der Waals surface area contributed by atoms with Crippen LogP contribution in [0.1, 0.15) is 39.8 Å². The summed E-state index contributed by atoms with van der Waals surface area (Å²) in [6.07, 6.45) is 2.50. The standard InChI is InChI=1S/C24H27N5O2/c1-17-7-6-11-25-21(17)22(30)29-12-10-24(23-27-26-18(2)31-23)16-28(14-20(24)15-29)13-19-8-4-3-5-9-19/h3-9,11,20H,10,12-16H2,1-2H3. The third kappa shape index (κ3) is 3.63. The summed E-state index contributed by atoms with van der Waals surface area (Å²) in [5.74, 6) is 1.55. The molecule has 0 spiro atoms. The van der Waals surface area contributed by atoms with E-state index in [9.17, 15) is 4.79 Å². The molecule has 5 rings (SSSR count). The number of pyridine rings is 1. The molecule has 2 atom stereocenters. The van der Waals surface area contributed by atoms with E-state index in [1.165, 1.54) is 5.56 Å². The normalized spacial score (nSPS) is 23.7. The van der Waals surface area contributed by atoms with Gasteiger partial charge in [0.1, 0.15) is 5.69 Å². The summed E-state index contributed by atoms with van der Waals surface area (Å²) in [6, 6.07) is 14.3. The van der Waals surface area contributed by atoms with Gasteiger partial charge in [-0.1, -0.05) is 36.4 Å². The first-order chi connectivity index (χ1) is 15.0. The van der Waals surface area contributed by atoms with Gasteiger partial charge in [-0.15, -0.1) is 10.2 Å². The highest BCUT2D eigenvalue weighted by molar-refractivity contribution is 5.93. The predicted octanol–water partition coefficient (Wildman–Crippen LogP) is 3.00. The monoisotopic (exact) mass is 417 g/mol. The summed E-state index contributed by atoms with van der Waals surface area (Å²) in [7, 11) is 0. The van der Waals surface area contributed by atoms with E-state index in [1.54, 1.807) is 6.20 Å². The van der Waals surface area contributed by atoms with Gasteiger partial charge < -0.3 is 9.32 Å². The number of aromatic nitrogens is 3. The molecule has 1 aromatic carbocycles. The van der Waals surface area contributed by atoms with Crippen molar-refractivity contribution in [3.63, 3.8) is 0 Å². The third-order valence-corrected chi connectivity index (χ3v) is 6.73. The molecule has 2 aliphatic rings. The number of rotatable bonds is 4. The minimum absolute atomic E-state index is 0.00918. The quantitative estimate of drug-likeness (QED) is 0.650. The van der Waals surface area contributed by atoms with Gasteiger partial charge in [-0.25, -0.2) is 0 Å². The van der Waals surface area contributed by atoms with Crippen LogP contribution < -0.4 is 0 Å². The summed E-state index contributed by atoms with van der Waals surface area (Å²) in [4.78, 5) is 22.0. The smallest absolute Gasteiger partial charge is 0.272 e. The Labute approximate surface area is 182 Å². The van der Waals surface area contributed by atoms with Gasteiger partial charge in [0.25, 0.3) is 5.91 Å². The fourth-order valence-corrected chi connectivity index (χ4v) is 5.14. The molecule has 0 aliphatic carbocycles. The second-order valence-electron chi connectivity index (χ2n) is 8.80. The fourth-order valence-electron chi connectivity index (χ4n) is 5.14. The molecule has 2 aliphatic heterocycles. The highest BCUT2D eigenvalue weighted by atomic mass is 16.4. The minimum Gasteiger partial charge on any atom is -0.425 e. The average Bonchev–Trinajstić information content (AvgIpc) is 3.37. The van der Waals surface area contributed by atoms with Crippen LogP contribution in [0.4, 0.5) is 0 Å². The number of aryl methyl sites for hydroxylation is 2. The van der Waals surface area contributed by atoms with E-state index in [2.05, 4.69) is 44.3 Å². The zero-order valence-electron chi connectivity index (χ0n) is 18.0. The van der Waals surface area contributed by atoms with Crippen LogP contribution in [0, 0.1) is 19.8 Å². The Morgan fingerprint density at radius 1 is 1.13 bits per heavy atom. The molecular weight excluding hydrogens is 390 g/mol. The maximum atomic E-state index is 13.2. The van der Waals surface area contributed by atoms with Gasteiger partial charge in [0.05, 0.1) is 5.41 Å². The van der Waals surface area contributed by atoms with E-state index >= 15 is 0 Å². The van der Waals surface area contributed by atoms with Crippen molar-refractivity contribution in [2.45, 2.75) is 32.2 Å². The SMILES string of the molecule is Cc1nnc(C23CCN(C(=O)c4ncccc4C)CC2CN(Cc2ccccc2)C3)o1. The van der Waals surface area contributed by atoms with Crippen LogP contribution in [0.5, 0.6) is 0 Å². The number of hydrogen-bond donors (Lipinski definition) is 0. The van der Waals surface area contributed by atoms with Crippen molar-refractivity contribution < 1.29 is 9.21 Å². The maximum absolute atomic E-state index is 13.2. The number of fused-ring (bicyclic) bond motifs is 1. The van der Waals surface area contributed by atoms with Crippen molar-refractivity contribution in [2.75, 3.05) is 26.2 Å². The molecule has 0 bridgehead atoms. The van der Waals surface area contributed by atoms with Crippen LogP contribution in [-0.4, -0.2) is 57.1 Å². The second-order valence-corrected chi connectivity index (χ2v) is 8.80. The molecule has 7 nitrogen and oxygen atoms in total. The molecule has 4 heterocycles. The molecule has 2 saturated heterocycles. The lowest BCUT2D eigenvalue weighted by Gasteiger charge is -2.41. The summed E-state index contributed by atoms with van der Waals surface area (Å²) in [5.41, 5.74) is 2.53. The maximum Gasteiger partial charge on any atom is 0.272 e. The van der Waals surface area contributed by atoms with Gasteiger partial charge in [0, 0.05) is 51.8 Å². The van der Waals surface area contributed by atoms with Crippen LogP contribution in [0.2, 0.25) is 0 Å². The molecule has 160 valence electrons. The molecule has 3 aromatic rings. The first kappa shape index (κ1) is 19.9. The topological polar surface area (TPSA) is 75.4 Å². The average molecular weight is 418 g/mol. The molecule has 0 radical (unpaired) electrons. The Bertz CT molecular complexity index is 1080. The highest BCUT2D eigenvalue weighted by Crippen LogP contribution is 2.45. The Morgan fingerprint density at radius 2 is 1.97 bits per heavy atom. The largest absolute Gasteiger partial charge is 0.425 e. The van der Waals surface area contributed by atoms with Crippen LogP contribution in [-0.2, 0) is 12.0 Å². The van der Waals surface area contributed by atoms with E-state index in [4.69, 9.17) is 4.42 Å². The van der Waals surface area contributed by atoms with E-state index in [-0.39, 0.29) is 17.2 Å². The van der Waals surface area contributed by atoms with Gasteiger partial charge in [-0.3, -0.25) is 14.7 Å². The molecule has 0 N–H and O–H groups in total. The summed E-state index contributed by atoms with van der Waals surface area (Å²) < 4.78 is 5.96. The van der Waals surface area contributed by atoms with Crippen molar-refractivity contribution in [3.05, 3.63) is 77.3 Å². The Balaban J connectivity index is 1.41. The Morgan fingerprint density at radius 3 is 2.71 bits per heavy atom. The fraction of sp³-hybridized carbons (Fsp3) is 0.417. The lowest BCUT2D eigenvalue weighted by Crippen LogP contribution is -2.51. The summed E-state index contributed by atoms with van der Waals surface area (Å²) >= 11 is 0. The predicted molar refractivity (Wildman–Crippen MR) is 115 cm³/mol. The van der Waals surface area contributed by atoms with E-state index in [0.29, 0.717) is 30.6 Å². The number of amides is 1. The lowest BCUT2D eigenvalue weighted by molar-refractivity contribution is 0.0561. The first-order valence-electron chi connectivity index (χ1n) is 10.8. The summed E-state index contributed by atoms with van der Waals surface area (Å²) in [5, 5.41) is 8.54.